The van der Waals surface area contributed by atoms with E-state index in [-0.39, 0.29) is 5.56 Å². The maximum atomic E-state index is 11.5. The van der Waals surface area contributed by atoms with Crippen LogP contribution in [0.5, 0.6) is 0 Å². The molecule has 0 aliphatic heterocycles. The summed E-state index contributed by atoms with van der Waals surface area (Å²) >= 11 is 5.91. The van der Waals surface area contributed by atoms with Gasteiger partial charge in [0.05, 0.1) is 0 Å². The number of nitrogens with two attached hydrogens (primary N) is 1. The molecular weight excluding hydrogens is 250 g/mol. The molecule has 0 fully saturated rings. The van der Waals surface area contributed by atoms with Crippen LogP contribution in [0.25, 0.3) is 0 Å². The molecule has 5 heteroatoms. The maximum Gasteiger partial charge on any atom is 0.251 e. The summed E-state index contributed by atoms with van der Waals surface area (Å²) in [5, 5.41) is 0.674. The second-order valence-corrected chi connectivity index (χ2v) is 4.47. The van der Waals surface area contributed by atoms with Gasteiger partial charge in [-0.25, -0.2) is 4.98 Å². The Kier molecular flexibility index (Phi) is 4.12. The first-order valence-corrected chi connectivity index (χ1v) is 6.09. The molecule has 1 aromatic carbocycles. The van der Waals surface area contributed by atoms with E-state index in [0.29, 0.717) is 30.2 Å². The Morgan fingerprint density at radius 2 is 2.17 bits per heavy atom. The van der Waals surface area contributed by atoms with Gasteiger partial charge in [-0.2, -0.15) is 0 Å². The Balaban J connectivity index is 2.26. The zero-order valence-corrected chi connectivity index (χ0v) is 10.6. The number of benzene rings is 1. The summed E-state index contributed by atoms with van der Waals surface area (Å²) in [7, 11) is 0. The van der Waals surface area contributed by atoms with Gasteiger partial charge in [0.15, 0.2) is 0 Å². The minimum atomic E-state index is -0.148. The van der Waals surface area contributed by atoms with E-state index in [9.17, 15) is 4.79 Å². The topological polar surface area (TPSA) is 71.8 Å². The molecule has 0 atom stereocenters. The lowest BCUT2D eigenvalue weighted by Gasteiger charge is -2.04. The smallest absolute Gasteiger partial charge is 0.251 e. The maximum absolute atomic E-state index is 11.5. The molecule has 1 heterocycles. The number of nitrogens with one attached hydrogen (secondary N) is 1. The Labute approximate surface area is 110 Å². The van der Waals surface area contributed by atoms with E-state index in [2.05, 4.69) is 9.97 Å². The molecule has 0 spiro atoms. The van der Waals surface area contributed by atoms with Crippen LogP contribution in [0.1, 0.15) is 17.1 Å². The van der Waals surface area contributed by atoms with Crippen LogP contribution in [0.4, 0.5) is 0 Å². The van der Waals surface area contributed by atoms with Gasteiger partial charge >= 0.3 is 0 Å². The van der Waals surface area contributed by atoms with E-state index in [4.69, 9.17) is 17.3 Å². The first-order valence-electron chi connectivity index (χ1n) is 5.71. The summed E-state index contributed by atoms with van der Waals surface area (Å²) in [4.78, 5) is 18.6. The predicted octanol–water partition coefficient (Wildman–Crippen LogP) is 1.52. The Morgan fingerprint density at radius 3 is 2.89 bits per heavy atom. The first-order chi connectivity index (χ1) is 8.67. The van der Waals surface area contributed by atoms with Crippen molar-refractivity contribution in [3.8, 4) is 0 Å². The number of hydrogen-bond donors (Lipinski definition) is 2. The second kappa shape index (κ2) is 5.80. The van der Waals surface area contributed by atoms with E-state index in [1.165, 1.54) is 6.07 Å². The number of halogens is 1. The third kappa shape index (κ3) is 3.42. The van der Waals surface area contributed by atoms with Crippen molar-refractivity contribution in [2.24, 2.45) is 5.73 Å². The number of H-pyrrole nitrogens is 1. The molecule has 4 nitrogen and oxygen atoms in total. The number of rotatable bonds is 4. The second-order valence-electron chi connectivity index (χ2n) is 4.03. The number of hydrogen-bond acceptors (Lipinski definition) is 3. The highest BCUT2D eigenvalue weighted by Crippen LogP contribution is 2.12. The highest BCUT2D eigenvalue weighted by Gasteiger charge is 2.03. The van der Waals surface area contributed by atoms with Crippen LogP contribution in [0.2, 0.25) is 5.02 Å². The van der Waals surface area contributed by atoms with Gasteiger partial charge in [-0.1, -0.05) is 23.7 Å². The third-order valence-electron chi connectivity index (χ3n) is 2.50. The van der Waals surface area contributed by atoms with E-state index < -0.39 is 0 Å². The molecule has 0 aliphatic rings. The minimum Gasteiger partial charge on any atom is -0.330 e. The van der Waals surface area contributed by atoms with E-state index in [1.54, 1.807) is 0 Å². The molecule has 3 N–H and O–H groups in total. The average molecular weight is 264 g/mol. The highest BCUT2D eigenvalue weighted by molar-refractivity contribution is 6.30. The van der Waals surface area contributed by atoms with Gasteiger partial charge in [-0.15, -0.1) is 0 Å². The lowest BCUT2D eigenvalue weighted by molar-refractivity contribution is 0.854. The average Bonchev–Trinajstić information content (AvgIpc) is 2.28. The Hall–Kier alpha value is -1.65. The zero-order valence-electron chi connectivity index (χ0n) is 9.82. The molecule has 18 heavy (non-hydrogen) atoms. The van der Waals surface area contributed by atoms with Crippen LogP contribution in [-0.2, 0) is 12.8 Å². The lowest BCUT2D eigenvalue weighted by Crippen LogP contribution is -2.15. The van der Waals surface area contributed by atoms with Crippen LogP contribution < -0.4 is 11.3 Å². The normalized spacial score (nSPS) is 10.6. The van der Waals surface area contributed by atoms with Gasteiger partial charge in [-0.3, -0.25) is 4.79 Å². The molecule has 0 saturated carbocycles. The van der Waals surface area contributed by atoms with Crippen LogP contribution in [0.15, 0.2) is 35.1 Å². The van der Waals surface area contributed by atoms with Crippen LogP contribution in [-0.4, -0.2) is 16.5 Å². The van der Waals surface area contributed by atoms with Crippen molar-refractivity contribution in [2.75, 3.05) is 6.54 Å². The number of nitrogens with zero attached hydrogens (tertiary/aromatic N) is 1. The van der Waals surface area contributed by atoms with Crippen molar-refractivity contribution >= 4 is 11.6 Å². The molecule has 0 unspecified atom stereocenters. The molecule has 2 rings (SSSR count). The summed E-state index contributed by atoms with van der Waals surface area (Å²) < 4.78 is 0. The molecule has 0 amide bonds. The number of aromatic amines is 1. The third-order valence-corrected chi connectivity index (χ3v) is 2.74. The van der Waals surface area contributed by atoms with Crippen molar-refractivity contribution in [1.82, 2.24) is 9.97 Å². The Morgan fingerprint density at radius 1 is 1.33 bits per heavy atom. The van der Waals surface area contributed by atoms with Crippen LogP contribution >= 0.6 is 11.6 Å². The fourth-order valence-corrected chi connectivity index (χ4v) is 1.98. The van der Waals surface area contributed by atoms with E-state index in [0.717, 1.165) is 11.3 Å². The van der Waals surface area contributed by atoms with E-state index in [1.807, 2.05) is 24.3 Å². The zero-order chi connectivity index (χ0) is 13.0. The molecule has 0 aliphatic carbocycles. The molecule has 2 aromatic rings. The van der Waals surface area contributed by atoms with Gasteiger partial charge in [0.2, 0.25) is 0 Å². The van der Waals surface area contributed by atoms with Gasteiger partial charge in [0.25, 0.3) is 5.56 Å². The van der Waals surface area contributed by atoms with Gasteiger partial charge in [0, 0.05) is 29.6 Å². The van der Waals surface area contributed by atoms with Gasteiger partial charge in [0.1, 0.15) is 5.82 Å². The standard InChI is InChI=1S/C13H14ClN3O/c14-10-3-1-2-9(6-10)7-12-16-11(4-5-15)8-13(18)17-12/h1-3,6,8H,4-5,7,15H2,(H,16,17,18). The van der Waals surface area contributed by atoms with Crippen molar-refractivity contribution in [1.29, 1.82) is 0 Å². The monoisotopic (exact) mass is 263 g/mol. The van der Waals surface area contributed by atoms with Crippen molar-refractivity contribution < 1.29 is 0 Å². The van der Waals surface area contributed by atoms with Crippen LogP contribution in [0, 0.1) is 0 Å². The van der Waals surface area contributed by atoms with Crippen molar-refractivity contribution in [3.63, 3.8) is 0 Å². The molecular formula is C13H14ClN3O. The predicted molar refractivity (Wildman–Crippen MR) is 71.9 cm³/mol. The lowest BCUT2D eigenvalue weighted by atomic mass is 10.1. The summed E-state index contributed by atoms with van der Waals surface area (Å²) in [6.07, 6.45) is 1.15. The number of aromatic nitrogens is 2. The first kappa shape index (κ1) is 12.8. The van der Waals surface area contributed by atoms with E-state index >= 15 is 0 Å². The largest absolute Gasteiger partial charge is 0.330 e. The summed E-state index contributed by atoms with van der Waals surface area (Å²) in [5.41, 5.74) is 7.05. The Bertz CT molecular complexity index is 595. The molecule has 0 bridgehead atoms. The highest BCUT2D eigenvalue weighted by atomic mass is 35.5. The molecule has 0 radical (unpaired) electrons. The van der Waals surface area contributed by atoms with Crippen LogP contribution in [0.3, 0.4) is 0 Å². The molecule has 94 valence electrons. The quantitative estimate of drug-likeness (QED) is 0.878. The SMILES string of the molecule is NCCc1cc(=O)[nH]c(Cc2cccc(Cl)c2)n1. The minimum absolute atomic E-state index is 0.148. The summed E-state index contributed by atoms with van der Waals surface area (Å²) in [6.45, 7) is 0.479. The van der Waals surface area contributed by atoms with Crippen molar-refractivity contribution in [2.45, 2.75) is 12.8 Å². The fourth-order valence-electron chi connectivity index (χ4n) is 1.76. The summed E-state index contributed by atoms with van der Waals surface area (Å²) in [5.74, 6) is 0.633. The van der Waals surface area contributed by atoms with Gasteiger partial charge in [-0.05, 0) is 24.2 Å². The fraction of sp³-hybridized carbons (Fsp3) is 0.231. The van der Waals surface area contributed by atoms with Gasteiger partial charge < -0.3 is 10.7 Å². The molecule has 1 aromatic heterocycles. The molecule has 0 saturated heterocycles. The van der Waals surface area contributed by atoms with Crippen molar-refractivity contribution in [3.05, 3.63) is 62.8 Å². The summed E-state index contributed by atoms with van der Waals surface area (Å²) in [6, 6.07) is 8.97.